The van der Waals surface area contributed by atoms with Crippen molar-refractivity contribution < 1.29 is 9.50 Å². The molecule has 0 spiro atoms. The highest BCUT2D eigenvalue weighted by Gasteiger charge is 2.10. The second-order valence-electron chi connectivity index (χ2n) is 2.91. The number of halogens is 3. The minimum Gasteiger partial charge on any atom is -0.394 e. The summed E-state index contributed by atoms with van der Waals surface area (Å²) in [7, 11) is 0. The van der Waals surface area contributed by atoms with Crippen LogP contribution in [-0.4, -0.2) is 11.7 Å². The SMILES string of the molecule is Cc1cc(F)c(Br)cc1C(N)CO.Cl. The maximum absolute atomic E-state index is 13.0. The van der Waals surface area contributed by atoms with Gasteiger partial charge in [-0.05, 0) is 46.1 Å². The molecule has 0 amide bonds. The van der Waals surface area contributed by atoms with Crippen molar-refractivity contribution in [3.05, 3.63) is 33.5 Å². The molecule has 5 heteroatoms. The Morgan fingerprint density at radius 1 is 1.57 bits per heavy atom. The lowest BCUT2D eigenvalue weighted by Gasteiger charge is -2.12. The van der Waals surface area contributed by atoms with E-state index in [0.29, 0.717) is 4.47 Å². The zero-order valence-corrected chi connectivity index (χ0v) is 10.0. The number of aliphatic hydroxyl groups excluding tert-OH is 1. The summed E-state index contributed by atoms with van der Waals surface area (Å²) in [4.78, 5) is 0. The summed E-state index contributed by atoms with van der Waals surface area (Å²) in [5, 5.41) is 8.84. The van der Waals surface area contributed by atoms with Gasteiger partial charge in [0.05, 0.1) is 17.1 Å². The number of benzene rings is 1. The Labute approximate surface area is 96.8 Å². The van der Waals surface area contributed by atoms with Crippen molar-refractivity contribution in [3.8, 4) is 0 Å². The fourth-order valence-corrected chi connectivity index (χ4v) is 1.52. The van der Waals surface area contributed by atoms with Crippen LogP contribution in [-0.2, 0) is 0 Å². The standard InChI is InChI=1S/C9H11BrFNO.ClH/c1-5-2-8(11)7(10)3-6(5)9(12)4-13;/h2-3,9,13H,4,12H2,1H3;1H. The van der Waals surface area contributed by atoms with Crippen LogP contribution in [0.5, 0.6) is 0 Å². The maximum atomic E-state index is 13.0. The predicted molar refractivity (Wildman–Crippen MR) is 60.1 cm³/mol. The van der Waals surface area contributed by atoms with E-state index in [2.05, 4.69) is 15.9 Å². The normalized spacial score (nSPS) is 12.1. The first-order chi connectivity index (χ1) is 6.06. The molecule has 1 unspecified atom stereocenters. The number of nitrogens with two attached hydrogens (primary N) is 1. The number of aliphatic hydroxyl groups is 1. The Balaban J connectivity index is 0.00000169. The Kier molecular flexibility index (Phi) is 5.59. The van der Waals surface area contributed by atoms with Crippen molar-refractivity contribution >= 4 is 28.3 Å². The van der Waals surface area contributed by atoms with Crippen LogP contribution in [0.3, 0.4) is 0 Å². The van der Waals surface area contributed by atoms with Crippen LogP contribution < -0.4 is 5.73 Å². The van der Waals surface area contributed by atoms with Gasteiger partial charge in [0.25, 0.3) is 0 Å². The van der Waals surface area contributed by atoms with E-state index in [0.717, 1.165) is 11.1 Å². The highest BCUT2D eigenvalue weighted by atomic mass is 79.9. The summed E-state index contributed by atoms with van der Waals surface area (Å²) in [6.45, 7) is 1.62. The summed E-state index contributed by atoms with van der Waals surface area (Å²) >= 11 is 3.07. The smallest absolute Gasteiger partial charge is 0.137 e. The molecule has 3 N–H and O–H groups in total. The second-order valence-corrected chi connectivity index (χ2v) is 3.77. The molecule has 0 fully saturated rings. The Morgan fingerprint density at radius 3 is 2.64 bits per heavy atom. The highest BCUT2D eigenvalue weighted by Crippen LogP contribution is 2.23. The van der Waals surface area contributed by atoms with E-state index in [-0.39, 0.29) is 24.8 Å². The maximum Gasteiger partial charge on any atom is 0.137 e. The third-order valence-electron chi connectivity index (χ3n) is 1.91. The van der Waals surface area contributed by atoms with Crippen LogP contribution in [0.1, 0.15) is 17.2 Å². The Hall–Kier alpha value is -0.160. The fourth-order valence-electron chi connectivity index (χ4n) is 1.16. The van der Waals surface area contributed by atoms with Gasteiger partial charge >= 0.3 is 0 Å². The van der Waals surface area contributed by atoms with Gasteiger partial charge in [0.1, 0.15) is 5.82 Å². The average Bonchev–Trinajstić information content (AvgIpc) is 2.10. The molecule has 1 aromatic carbocycles. The summed E-state index contributed by atoms with van der Waals surface area (Å²) in [6.07, 6.45) is 0. The first-order valence-corrected chi connectivity index (χ1v) is 4.67. The first kappa shape index (κ1) is 13.8. The molecule has 0 aliphatic carbocycles. The van der Waals surface area contributed by atoms with Crippen LogP contribution in [0.4, 0.5) is 4.39 Å². The molecular weight excluding hydrogens is 272 g/mol. The summed E-state index contributed by atoms with van der Waals surface area (Å²) in [5.41, 5.74) is 7.13. The molecule has 0 aliphatic heterocycles. The monoisotopic (exact) mass is 283 g/mol. The van der Waals surface area contributed by atoms with Gasteiger partial charge in [-0.2, -0.15) is 0 Å². The first-order valence-electron chi connectivity index (χ1n) is 3.88. The van der Waals surface area contributed by atoms with Crippen molar-refractivity contribution in [2.45, 2.75) is 13.0 Å². The lowest BCUT2D eigenvalue weighted by molar-refractivity contribution is 0.267. The molecule has 1 rings (SSSR count). The van der Waals surface area contributed by atoms with Crippen molar-refractivity contribution in [2.24, 2.45) is 5.73 Å². The van der Waals surface area contributed by atoms with E-state index in [1.54, 1.807) is 13.0 Å². The summed E-state index contributed by atoms with van der Waals surface area (Å²) in [6, 6.07) is 2.55. The molecule has 2 nitrogen and oxygen atoms in total. The molecule has 0 aliphatic rings. The molecule has 0 bridgehead atoms. The molecule has 0 radical (unpaired) electrons. The van der Waals surface area contributed by atoms with E-state index in [9.17, 15) is 4.39 Å². The fraction of sp³-hybridized carbons (Fsp3) is 0.333. The number of hydrogen-bond donors (Lipinski definition) is 2. The zero-order chi connectivity index (χ0) is 10.0. The highest BCUT2D eigenvalue weighted by molar-refractivity contribution is 9.10. The molecule has 0 heterocycles. The molecule has 1 aromatic rings. The van der Waals surface area contributed by atoms with E-state index in [1.165, 1.54) is 6.07 Å². The van der Waals surface area contributed by atoms with Crippen LogP contribution in [0.25, 0.3) is 0 Å². The minimum atomic E-state index is -0.447. The second kappa shape index (κ2) is 5.66. The molecule has 0 saturated carbocycles. The minimum absolute atomic E-state index is 0. The average molecular weight is 285 g/mol. The molecule has 0 aromatic heterocycles. The predicted octanol–water partition coefficient (Wildman–Crippen LogP) is 2.31. The van der Waals surface area contributed by atoms with E-state index in [4.69, 9.17) is 10.8 Å². The van der Waals surface area contributed by atoms with Crippen molar-refractivity contribution in [1.82, 2.24) is 0 Å². The zero-order valence-electron chi connectivity index (χ0n) is 7.63. The molecule has 80 valence electrons. The Bertz CT molecular complexity index is 322. The van der Waals surface area contributed by atoms with E-state index < -0.39 is 6.04 Å². The van der Waals surface area contributed by atoms with Gasteiger partial charge in [0.2, 0.25) is 0 Å². The molecule has 14 heavy (non-hydrogen) atoms. The molecule has 0 saturated heterocycles. The largest absolute Gasteiger partial charge is 0.394 e. The van der Waals surface area contributed by atoms with Gasteiger partial charge in [0.15, 0.2) is 0 Å². The van der Waals surface area contributed by atoms with Gasteiger partial charge < -0.3 is 10.8 Å². The van der Waals surface area contributed by atoms with Gasteiger partial charge in [-0.25, -0.2) is 4.39 Å². The van der Waals surface area contributed by atoms with Crippen LogP contribution in [0.15, 0.2) is 16.6 Å². The van der Waals surface area contributed by atoms with Crippen LogP contribution >= 0.6 is 28.3 Å². The third-order valence-corrected chi connectivity index (χ3v) is 2.51. The topological polar surface area (TPSA) is 46.2 Å². The van der Waals surface area contributed by atoms with Crippen LogP contribution in [0.2, 0.25) is 0 Å². The van der Waals surface area contributed by atoms with E-state index in [1.807, 2.05) is 0 Å². The quantitative estimate of drug-likeness (QED) is 0.875. The molecular formula is C9H12BrClFNO. The number of hydrogen-bond acceptors (Lipinski definition) is 2. The van der Waals surface area contributed by atoms with Crippen LogP contribution in [0, 0.1) is 12.7 Å². The van der Waals surface area contributed by atoms with Gasteiger partial charge in [-0.1, -0.05) is 0 Å². The summed E-state index contributed by atoms with van der Waals surface area (Å²) in [5.74, 6) is -0.314. The summed E-state index contributed by atoms with van der Waals surface area (Å²) < 4.78 is 13.3. The third kappa shape index (κ3) is 2.92. The van der Waals surface area contributed by atoms with Crippen molar-refractivity contribution in [1.29, 1.82) is 0 Å². The lowest BCUT2D eigenvalue weighted by atomic mass is 10.0. The van der Waals surface area contributed by atoms with Gasteiger partial charge in [-0.15, -0.1) is 12.4 Å². The van der Waals surface area contributed by atoms with Crippen molar-refractivity contribution in [2.75, 3.05) is 6.61 Å². The van der Waals surface area contributed by atoms with Crippen molar-refractivity contribution in [3.63, 3.8) is 0 Å². The lowest BCUT2D eigenvalue weighted by Crippen LogP contribution is -2.15. The molecule has 1 atom stereocenters. The number of aryl methyl sites for hydroxylation is 1. The van der Waals surface area contributed by atoms with E-state index >= 15 is 0 Å². The Morgan fingerprint density at radius 2 is 2.14 bits per heavy atom. The number of rotatable bonds is 2. The van der Waals surface area contributed by atoms with Gasteiger partial charge in [0, 0.05) is 0 Å². The van der Waals surface area contributed by atoms with Gasteiger partial charge in [-0.3, -0.25) is 0 Å².